The minimum atomic E-state index is -3.31. The zero-order valence-corrected chi connectivity index (χ0v) is 19.1. The van der Waals surface area contributed by atoms with Crippen LogP contribution in [0.3, 0.4) is 0 Å². The van der Waals surface area contributed by atoms with Crippen molar-refractivity contribution >= 4 is 26.6 Å². The number of benzene rings is 2. The Balaban J connectivity index is 1.60. The van der Waals surface area contributed by atoms with Gasteiger partial charge in [-0.1, -0.05) is 30.3 Å². The van der Waals surface area contributed by atoms with Crippen LogP contribution >= 0.6 is 0 Å². The molecule has 1 aliphatic heterocycles. The predicted molar refractivity (Wildman–Crippen MR) is 122 cm³/mol. The van der Waals surface area contributed by atoms with Crippen LogP contribution in [0.4, 0.5) is 0 Å². The number of ether oxygens (including phenoxy) is 1. The lowest BCUT2D eigenvalue weighted by atomic mass is 9.96. The van der Waals surface area contributed by atoms with Gasteiger partial charge in [0.15, 0.2) is 16.1 Å². The number of fused-ring (bicyclic) bond motifs is 1. The van der Waals surface area contributed by atoms with Gasteiger partial charge in [-0.05, 0) is 23.8 Å². The van der Waals surface area contributed by atoms with Crippen LogP contribution in [0.25, 0.3) is 10.9 Å². The lowest BCUT2D eigenvalue weighted by Crippen LogP contribution is -2.64. The van der Waals surface area contributed by atoms with Gasteiger partial charge in [-0.3, -0.25) is 4.79 Å². The van der Waals surface area contributed by atoms with E-state index in [1.54, 1.807) is 30.5 Å². The summed E-state index contributed by atoms with van der Waals surface area (Å²) in [6.45, 7) is -0.235. The van der Waals surface area contributed by atoms with E-state index in [0.717, 1.165) is 17.3 Å². The Labute approximate surface area is 195 Å². The Kier molecular flexibility index (Phi) is 6.76. The van der Waals surface area contributed by atoms with Gasteiger partial charge in [-0.25, -0.2) is 8.42 Å². The van der Waals surface area contributed by atoms with Crippen molar-refractivity contribution in [3.05, 3.63) is 65.9 Å². The number of aromatic nitrogens is 1. The van der Waals surface area contributed by atoms with E-state index in [0.29, 0.717) is 11.9 Å². The number of amides is 1. The molecule has 1 aromatic heterocycles. The molecule has 3 aromatic rings. The van der Waals surface area contributed by atoms with Crippen molar-refractivity contribution < 1.29 is 38.4 Å². The highest BCUT2D eigenvalue weighted by Crippen LogP contribution is 2.25. The van der Waals surface area contributed by atoms with E-state index in [1.165, 1.54) is 12.1 Å². The van der Waals surface area contributed by atoms with Gasteiger partial charge < -0.3 is 35.0 Å². The van der Waals surface area contributed by atoms with Crippen LogP contribution in [0.15, 0.2) is 59.6 Å². The summed E-state index contributed by atoms with van der Waals surface area (Å²) in [4.78, 5) is 13.3. The summed E-state index contributed by atoms with van der Waals surface area (Å²) in [5.41, 5.74) is 1.85. The van der Waals surface area contributed by atoms with Crippen molar-refractivity contribution in [3.8, 4) is 0 Å². The average molecular weight is 491 g/mol. The molecule has 1 aliphatic rings. The zero-order chi connectivity index (χ0) is 24.6. The van der Waals surface area contributed by atoms with Crippen LogP contribution in [0, 0.1) is 0 Å². The van der Waals surface area contributed by atoms with Crippen LogP contribution in [0.1, 0.15) is 15.9 Å². The van der Waals surface area contributed by atoms with E-state index in [4.69, 9.17) is 4.74 Å². The lowest BCUT2D eigenvalue weighted by molar-refractivity contribution is -0.252. The first kappa shape index (κ1) is 24.3. The molecule has 1 fully saturated rings. The van der Waals surface area contributed by atoms with Gasteiger partial charge in [-0.2, -0.15) is 0 Å². The number of rotatable bonds is 6. The fraction of sp³-hybridized carbons (Fsp3) is 0.348. The summed E-state index contributed by atoms with van der Waals surface area (Å²) < 4.78 is 30.3. The third kappa shape index (κ3) is 4.71. The molecular formula is C23H26N2O8S. The van der Waals surface area contributed by atoms with E-state index in [1.807, 2.05) is 16.7 Å². The molecule has 2 heterocycles. The molecule has 0 spiro atoms. The molecule has 10 nitrogen and oxygen atoms in total. The van der Waals surface area contributed by atoms with E-state index in [-0.39, 0.29) is 10.5 Å². The minimum Gasteiger partial charge on any atom is -0.394 e. The topological polar surface area (TPSA) is 158 Å². The lowest BCUT2D eigenvalue weighted by Gasteiger charge is -2.40. The van der Waals surface area contributed by atoms with Crippen molar-refractivity contribution in [2.24, 2.45) is 0 Å². The minimum absolute atomic E-state index is 0.214. The molecular weight excluding hydrogens is 464 g/mol. The Morgan fingerprint density at radius 1 is 1.06 bits per heavy atom. The Bertz CT molecular complexity index is 1290. The molecule has 0 bridgehead atoms. The molecule has 1 amide bonds. The number of nitrogens with one attached hydrogen (secondary N) is 1. The van der Waals surface area contributed by atoms with Crippen LogP contribution in [-0.4, -0.2) is 82.8 Å². The summed E-state index contributed by atoms with van der Waals surface area (Å²) in [6.07, 6.45) is -3.07. The van der Waals surface area contributed by atoms with Crippen molar-refractivity contribution in [2.45, 2.75) is 42.1 Å². The van der Waals surface area contributed by atoms with Crippen LogP contribution < -0.4 is 5.32 Å². The summed E-state index contributed by atoms with van der Waals surface area (Å²) >= 11 is 0. The van der Waals surface area contributed by atoms with E-state index >= 15 is 0 Å². The second-order valence-corrected chi connectivity index (χ2v) is 10.3. The first-order valence-electron chi connectivity index (χ1n) is 10.6. The number of nitrogens with zero attached hydrogens (tertiary/aromatic N) is 1. The Morgan fingerprint density at radius 3 is 2.38 bits per heavy atom. The summed E-state index contributed by atoms with van der Waals surface area (Å²) in [7, 11) is -3.31. The second-order valence-electron chi connectivity index (χ2n) is 8.33. The van der Waals surface area contributed by atoms with Crippen LogP contribution in [-0.2, 0) is 21.1 Å². The molecule has 0 aliphatic carbocycles. The number of sulfone groups is 1. The SMILES string of the molecule is CS(=O)(=O)c1ccc(Cn2cc(C(=O)N[C@H]3C(O)O[C@H](CO)[C@@H](O)[C@@H]3O)c3ccccc32)cc1. The molecule has 0 saturated carbocycles. The van der Waals surface area contributed by atoms with Crippen molar-refractivity contribution in [2.75, 3.05) is 12.9 Å². The van der Waals surface area contributed by atoms with E-state index in [2.05, 4.69) is 5.32 Å². The molecule has 2 aromatic carbocycles. The summed E-state index contributed by atoms with van der Waals surface area (Å²) in [6, 6.07) is 12.3. The maximum atomic E-state index is 13.1. The average Bonchev–Trinajstić information content (AvgIpc) is 3.17. The fourth-order valence-corrected chi connectivity index (χ4v) is 4.71. The number of aliphatic hydroxyl groups is 4. The van der Waals surface area contributed by atoms with Gasteiger partial charge in [0.05, 0.1) is 17.1 Å². The Morgan fingerprint density at radius 2 is 1.74 bits per heavy atom. The predicted octanol–water partition coefficient (Wildman–Crippen LogP) is -0.377. The van der Waals surface area contributed by atoms with E-state index in [9.17, 15) is 33.6 Å². The first-order valence-corrected chi connectivity index (χ1v) is 12.5. The fourth-order valence-electron chi connectivity index (χ4n) is 4.08. The van der Waals surface area contributed by atoms with Gasteiger partial charge in [-0.15, -0.1) is 0 Å². The summed E-state index contributed by atoms with van der Waals surface area (Å²) in [5.74, 6) is -0.594. The van der Waals surface area contributed by atoms with Gasteiger partial charge in [0.1, 0.15) is 24.4 Å². The first-order chi connectivity index (χ1) is 16.1. The smallest absolute Gasteiger partial charge is 0.253 e. The number of carbonyl (C=O) groups excluding carboxylic acids is 1. The molecule has 0 radical (unpaired) electrons. The molecule has 11 heteroatoms. The molecule has 4 rings (SSSR count). The highest BCUT2D eigenvalue weighted by Gasteiger charge is 2.44. The van der Waals surface area contributed by atoms with Gasteiger partial charge in [0, 0.05) is 29.9 Å². The quantitative estimate of drug-likeness (QED) is 0.313. The number of para-hydroxylation sites is 1. The number of carbonyl (C=O) groups is 1. The summed E-state index contributed by atoms with van der Waals surface area (Å²) in [5, 5.41) is 43.0. The largest absolute Gasteiger partial charge is 0.394 e. The number of hydrogen-bond donors (Lipinski definition) is 5. The van der Waals surface area contributed by atoms with Crippen LogP contribution in [0.2, 0.25) is 0 Å². The number of hydrogen-bond acceptors (Lipinski definition) is 8. The third-order valence-electron chi connectivity index (χ3n) is 5.94. The third-order valence-corrected chi connectivity index (χ3v) is 7.06. The Hall–Kier alpha value is -2.80. The van der Waals surface area contributed by atoms with Crippen molar-refractivity contribution in [1.29, 1.82) is 0 Å². The molecule has 5 N–H and O–H groups in total. The van der Waals surface area contributed by atoms with Gasteiger partial charge >= 0.3 is 0 Å². The van der Waals surface area contributed by atoms with Gasteiger partial charge in [0.25, 0.3) is 5.91 Å². The zero-order valence-electron chi connectivity index (χ0n) is 18.3. The number of aliphatic hydroxyl groups excluding tert-OH is 4. The molecule has 1 unspecified atom stereocenters. The standard InChI is InChI=1S/C23H26N2O8S/c1-34(31,32)14-8-6-13(7-9-14)10-25-11-16(15-4-2-3-5-17(15)25)22(29)24-19-21(28)20(27)18(12-26)33-23(19)30/h2-9,11,18-21,23,26-28,30H,10,12H2,1H3,(H,24,29)/t18-,19-,20-,21-,23?/m1/s1. The maximum absolute atomic E-state index is 13.1. The van der Waals surface area contributed by atoms with Crippen molar-refractivity contribution in [3.63, 3.8) is 0 Å². The normalized spacial score (nSPS) is 25.4. The van der Waals surface area contributed by atoms with E-state index < -0.39 is 53.0 Å². The highest BCUT2D eigenvalue weighted by atomic mass is 32.2. The highest BCUT2D eigenvalue weighted by molar-refractivity contribution is 7.90. The maximum Gasteiger partial charge on any atom is 0.253 e. The molecule has 1 saturated heterocycles. The van der Waals surface area contributed by atoms with Crippen molar-refractivity contribution in [1.82, 2.24) is 9.88 Å². The molecule has 182 valence electrons. The van der Waals surface area contributed by atoms with Crippen LogP contribution in [0.5, 0.6) is 0 Å². The molecule has 5 atom stereocenters. The second kappa shape index (κ2) is 9.45. The monoisotopic (exact) mass is 490 g/mol. The molecule has 34 heavy (non-hydrogen) atoms. The van der Waals surface area contributed by atoms with Gasteiger partial charge in [0.2, 0.25) is 0 Å².